The van der Waals surface area contributed by atoms with E-state index in [-0.39, 0.29) is 29.3 Å². The van der Waals surface area contributed by atoms with Crippen LogP contribution in [0.1, 0.15) is 100 Å². The number of carbonyl (C=O) groups excluding carboxylic acids is 2. The first kappa shape index (κ1) is 35.8. The molecular weight excluding hydrogens is 524 g/mol. The number of carbonyl (C=O) groups is 2. The predicted octanol–water partition coefficient (Wildman–Crippen LogP) is 8.14. The zero-order chi connectivity index (χ0) is 31.5. The number of Topliss-reactive ketones (excluding diaryl/α,β-unsaturated/α-hetero) is 1. The lowest BCUT2D eigenvalue weighted by molar-refractivity contribution is 0.0933. The van der Waals surface area contributed by atoms with E-state index in [4.69, 9.17) is 5.73 Å². The fourth-order valence-corrected chi connectivity index (χ4v) is 4.06. The number of nitrogens with one attached hydrogen (secondary N) is 1. The molecule has 1 aliphatic rings. The molecule has 0 saturated carbocycles. The number of pyridine rings is 1. The van der Waals surface area contributed by atoms with Gasteiger partial charge in [0, 0.05) is 36.0 Å². The van der Waals surface area contributed by atoms with Gasteiger partial charge in [0.15, 0.2) is 5.78 Å². The van der Waals surface area contributed by atoms with Crippen LogP contribution in [0.5, 0.6) is 5.75 Å². The van der Waals surface area contributed by atoms with E-state index < -0.39 is 0 Å². The minimum atomic E-state index is -0.155. The summed E-state index contributed by atoms with van der Waals surface area (Å²) in [5, 5.41) is 12.2. The zero-order valence-corrected chi connectivity index (χ0v) is 26.3. The molecule has 1 amide bonds. The van der Waals surface area contributed by atoms with E-state index in [1.165, 1.54) is 0 Å². The summed E-state index contributed by atoms with van der Waals surface area (Å²) in [6, 6.07) is 16.5. The number of aromatic nitrogens is 1. The van der Waals surface area contributed by atoms with Crippen LogP contribution in [0.15, 0.2) is 71.9 Å². The average molecular weight is 573 g/mol. The molecule has 0 saturated heterocycles. The van der Waals surface area contributed by atoms with E-state index in [2.05, 4.69) is 29.1 Å². The molecule has 1 aromatic heterocycles. The second-order valence-corrected chi connectivity index (χ2v) is 9.08. The number of amides is 1. The van der Waals surface area contributed by atoms with Crippen LogP contribution in [0.2, 0.25) is 0 Å². The fraction of sp³-hybridized carbons (Fsp3) is 0.371. The Labute approximate surface area is 252 Å². The van der Waals surface area contributed by atoms with Gasteiger partial charge >= 0.3 is 0 Å². The van der Waals surface area contributed by atoms with Crippen molar-refractivity contribution in [1.82, 2.24) is 10.3 Å². The normalized spacial score (nSPS) is 11.8. The highest BCUT2D eigenvalue weighted by Gasteiger charge is 2.16. The Kier molecular flexibility index (Phi) is 16.8. The standard InChI is InChI=1S/C16H22N4O.C15H14O2.2C2H6/c1-3-5-13(4-2)20-16(21)14-8-12(10-19-15(14)17)11-6-7-18-9-11;1-2-15(17)13-5-3-11(4-6-13)12-7-9-14(16)10-8-12;2*1-2/h6,8-10,13H,3-5,7H2,1-2H3,(H2,17,19)(H,20,21);3-10,16H,2H2,1H3;2*1-2H3. The number of nitrogens with two attached hydrogens (primary N) is 1. The second kappa shape index (κ2) is 19.8. The van der Waals surface area contributed by atoms with Crippen molar-refractivity contribution in [1.29, 1.82) is 0 Å². The van der Waals surface area contributed by atoms with E-state index in [0.29, 0.717) is 18.5 Å². The van der Waals surface area contributed by atoms with Crippen LogP contribution < -0.4 is 11.1 Å². The first-order valence-corrected chi connectivity index (χ1v) is 15.1. The second-order valence-electron chi connectivity index (χ2n) is 9.08. The monoisotopic (exact) mass is 572 g/mol. The highest BCUT2D eigenvalue weighted by atomic mass is 16.3. The van der Waals surface area contributed by atoms with Crippen molar-refractivity contribution in [3.63, 3.8) is 0 Å². The fourth-order valence-electron chi connectivity index (χ4n) is 4.06. The lowest BCUT2D eigenvalue weighted by Gasteiger charge is -2.17. The number of allylic oxidation sites excluding steroid dienone is 1. The number of aromatic hydroxyl groups is 1. The smallest absolute Gasteiger partial charge is 0.255 e. The minimum absolute atomic E-state index is 0.155. The van der Waals surface area contributed by atoms with Crippen LogP contribution >= 0.6 is 0 Å². The summed E-state index contributed by atoms with van der Waals surface area (Å²) in [4.78, 5) is 32.2. The number of nitrogen functional groups attached to an aromatic ring is 1. The number of benzene rings is 2. The van der Waals surface area contributed by atoms with Crippen LogP contribution in [0, 0.1) is 0 Å². The molecular formula is C35H48N4O3. The SMILES string of the molecule is CC.CC.CCC(=O)c1ccc(-c2ccc(O)cc2)cc1.CCCC(CC)NC(=O)c1cc(C2=CCN=C2)cnc1N. The van der Waals surface area contributed by atoms with E-state index in [1.807, 2.05) is 77.1 Å². The summed E-state index contributed by atoms with van der Waals surface area (Å²) in [6.07, 6.45) is 8.91. The number of rotatable bonds is 9. The van der Waals surface area contributed by atoms with Crippen molar-refractivity contribution in [2.45, 2.75) is 80.2 Å². The van der Waals surface area contributed by atoms with Crippen LogP contribution in [0.3, 0.4) is 0 Å². The van der Waals surface area contributed by atoms with Gasteiger partial charge in [-0.25, -0.2) is 4.98 Å². The van der Waals surface area contributed by atoms with Crippen LogP contribution in [0.25, 0.3) is 16.7 Å². The summed E-state index contributed by atoms with van der Waals surface area (Å²) in [5.41, 5.74) is 11.0. The molecule has 1 unspecified atom stereocenters. The van der Waals surface area contributed by atoms with Gasteiger partial charge in [0.2, 0.25) is 0 Å². The maximum Gasteiger partial charge on any atom is 0.255 e. The molecule has 4 N–H and O–H groups in total. The predicted molar refractivity (Wildman–Crippen MR) is 177 cm³/mol. The lowest BCUT2D eigenvalue weighted by atomic mass is 10.0. The molecule has 1 atom stereocenters. The van der Waals surface area contributed by atoms with Gasteiger partial charge in [-0.1, -0.05) is 97.4 Å². The number of phenols is 1. The molecule has 0 spiro atoms. The van der Waals surface area contributed by atoms with Gasteiger partial charge in [0.05, 0.1) is 12.1 Å². The third-order valence-electron chi connectivity index (χ3n) is 6.34. The molecule has 0 aliphatic carbocycles. The molecule has 0 fully saturated rings. The van der Waals surface area contributed by atoms with Crippen molar-refractivity contribution < 1.29 is 14.7 Å². The average Bonchev–Trinajstić information content (AvgIpc) is 3.59. The zero-order valence-electron chi connectivity index (χ0n) is 26.3. The molecule has 4 rings (SSSR count). The number of ketones is 1. The largest absolute Gasteiger partial charge is 0.508 e. The molecule has 0 radical (unpaired) electrons. The van der Waals surface area contributed by atoms with Gasteiger partial charge < -0.3 is 16.2 Å². The Balaban J connectivity index is 0.000000382. The quantitative estimate of drug-likeness (QED) is 0.224. The molecule has 42 heavy (non-hydrogen) atoms. The van der Waals surface area contributed by atoms with Crippen molar-refractivity contribution in [2.24, 2.45) is 4.99 Å². The maximum absolute atomic E-state index is 12.4. The topological polar surface area (TPSA) is 118 Å². The van der Waals surface area contributed by atoms with E-state index in [9.17, 15) is 14.7 Å². The molecule has 2 aromatic carbocycles. The number of aliphatic imine (C=N–C) groups is 1. The van der Waals surface area contributed by atoms with Crippen LogP contribution in [-0.2, 0) is 0 Å². The Morgan fingerprint density at radius 3 is 2.02 bits per heavy atom. The van der Waals surface area contributed by atoms with Crippen molar-refractivity contribution in [3.05, 3.63) is 83.6 Å². The summed E-state index contributed by atoms with van der Waals surface area (Å²) in [7, 11) is 0. The van der Waals surface area contributed by atoms with Crippen molar-refractivity contribution in [2.75, 3.05) is 12.3 Å². The van der Waals surface area contributed by atoms with Crippen LogP contribution in [-0.4, -0.2) is 40.6 Å². The molecule has 7 nitrogen and oxygen atoms in total. The Morgan fingerprint density at radius 2 is 1.52 bits per heavy atom. The third-order valence-corrected chi connectivity index (χ3v) is 6.34. The van der Waals surface area contributed by atoms with Gasteiger partial charge in [0.1, 0.15) is 11.6 Å². The lowest BCUT2D eigenvalue weighted by Crippen LogP contribution is -2.34. The Bertz CT molecular complexity index is 1300. The van der Waals surface area contributed by atoms with E-state index >= 15 is 0 Å². The van der Waals surface area contributed by atoms with Gasteiger partial charge in [-0.15, -0.1) is 0 Å². The minimum Gasteiger partial charge on any atom is -0.508 e. The van der Waals surface area contributed by atoms with Crippen LogP contribution in [0.4, 0.5) is 5.82 Å². The maximum atomic E-state index is 12.4. The number of hydrogen-bond donors (Lipinski definition) is 3. The number of anilines is 1. The van der Waals surface area contributed by atoms with Gasteiger partial charge in [-0.05, 0) is 47.7 Å². The van der Waals surface area contributed by atoms with E-state index in [1.54, 1.807) is 30.6 Å². The molecule has 3 aromatic rings. The van der Waals surface area contributed by atoms with Crippen molar-refractivity contribution in [3.8, 4) is 16.9 Å². The summed E-state index contributed by atoms with van der Waals surface area (Å²) >= 11 is 0. The first-order valence-electron chi connectivity index (χ1n) is 15.1. The van der Waals surface area contributed by atoms with E-state index in [0.717, 1.165) is 47.1 Å². The number of phenolic OH excluding ortho intramolecular Hbond substituents is 1. The molecule has 226 valence electrons. The molecule has 0 bridgehead atoms. The van der Waals surface area contributed by atoms with Crippen molar-refractivity contribution >= 4 is 29.3 Å². The molecule has 7 heteroatoms. The highest BCUT2D eigenvalue weighted by molar-refractivity contribution is 6.12. The van der Waals surface area contributed by atoms with Gasteiger partial charge in [-0.2, -0.15) is 0 Å². The summed E-state index contributed by atoms with van der Waals surface area (Å²) in [5.74, 6) is 0.518. The first-order chi connectivity index (χ1) is 20.4. The highest BCUT2D eigenvalue weighted by Crippen LogP contribution is 2.23. The number of hydrogen-bond acceptors (Lipinski definition) is 6. The Morgan fingerprint density at radius 1 is 0.929 bits per heavy atom. The Hall–Kier alpha value is -4.26. The van der Waals surface area contributed by atoms with Gasteiger partial charge in [-0.3, -0.25) is 14.6 Å². The number of nitrogens with zero attached hydrogens (tertiary/aromatic N) is 2. The third kappa shape index (κ3) is 11.0. The molecule has 1 aliphatic heterocycles. The summed E-state index contributed by atoms with van der Waals surface area (Å²) in [6.45, 7) is 14.7. The summed E-state index contributed by atoms with van der Waals surface area (Å²) < 4.78 is 0. The molecule has 2 heterocycles. The van der Waals surface area contributed by atoms with Gasteiger partial charge in [0.25, 0.3) is 5.91 Å².